The third-order valence-electron chi connectivity index (χ3n) is 6.22. The standard InChI is InChI=1S/C25H26ClN3O2/c1-3-20-25(29-23-17-7-5-4-6-15(17)12-21(23)30)28-22(14-8-9-14)24(27-20)18-11-10-16(31-2)13-19(18)26/h4-7,10-11,13-14,21,23,30H,3,8-9,12H2,1-2H3,(H,28,29). The molecule has 0 saturated heterocycles. The lowest BCUT2D eigenvalue weighted by molar-refractivity contribution is 0.165. The minimum Gasteiger partial charge on any atom is -0.497 e. The lowest BCUT2D eigenvalue weighted by Crippen LogP contribution is -2.23. The zero-order valence-corrected chi connectivity index (χ0v) is 18.5. The van der Waals surface area contributed by atoms with E-state index in [9.17, 15) is 5.11 Å². The zero-order valence-electron chi connectivity index (χ0n) is 17.7. The number of halogens is 1. The second-order valence-electron chi connectivity index (χ2n) is 8.32. The van der Waals surface area contributed by atoms with Gasteiger partial charge in [0.15, 0.2) is 0 Å². The van der Waals surface area contributed by atoms with Gasteiger partial charge in [0.2, 0.25) is 0 Å². The van der Waals surface area contributed by atoms with Gasteiger partial charge < -0.3 is 15.2 Å². The molecule has 6 heteroatoms. The summed E-state index contributed by atoms with van der Waals surface area (Å²) in [6, 6.07) is 13.7. The van der Waals surface area contributed by atoms with Gasteiger partial charge in [-0.15, -0.1) is 0 Å². The maximum Gasteiger partial charge on any atom is 0.148 e. The molecule has 0 spiro atoms. The number of methoxy groups -OCH3 is 1. The average Bonchev–Trinajstić information content (AvgIpc) is 3.58. The van der Waals surface area contributed by atoms with Gasteiger partial charge in [-0.3, -0.25) is 0 Å². The highest BCUT2D eigenvalue weighted by molar-refractivity contribution is 6.33. The first kappa shape index (κ1) is 20.3. The molecule has 160 valence electrons. The fraction of sp³-hybridized carbons (Fsp3) is 0.360. The molecule has 1 heterocycles. The average molecular weight is 436 g/mol. The van der Waals surface area contributed by atoms with Gasteiger partial charge in [-0.05, 0) is 48.6 Å². The summed E-state index contributed by atoms with van der Waals surface area (Å²) in [5, 5.41) is 14.8. The van der Waals surface area contributed by atoms with Crippen LogP contribution in [-0.2, 0) is 12.8 Å². The van der Waals surface area contributed by atoms with Gasteiger partial charge in [0.25, 0.3) is 0 Å². The molecule has 0 radical (unpaired) electrons. The smallest absolute Gasteiger partial charge is 0.148 e. The van der Waals surface area contributed by atoms with Gasteiger partial charge in [-0.1, -0.05) is 42.8 Å². The molecular weight excluding hydrogens is 410 g/mol. The number of anilines is 1. The largest absolute Gasteiger partial charge is 0.497 e. The molecule has 2 atom stereocenters. The van der Waals surface area contributed by atoms with Crippen molar-refractivity contribution in [3.8, 4) is 17.0 Å². The van der Waals surface area contributed by atoms with E-state index in [-0.39, 0.29) is 6.04 Å². The Kier molecular flexibility index (Phi) is 5.32. The molecule has 0 bridgehead atoms. The van der Waals surface area contributed by atoms with Gasteiger partial charge >= 0.3 is 0 Å². The second-order valence-corrected chi connectivity index (χ2v) is 8.73. The monoisotopic (exact) mass is 435 g/mol. The number of benzene rings is 2. The Morgan fingerprint density at radius 1 is 1.16 bits per heavy atom. The van der Waals surface area contributed by atoms with E-state index in [2.05, 4.69) is 24.4 Å². The highest BCUT2D eigenvalue weighted by Gasteiger charge is 2.34. The van der Waals surface area contributed by atoms with E-state index < -0.39 is 6.10 Å². The summed E-state index contributed by atoms with van der Waals surface area (Å²) in [7, 11) is 1.63. The topological polar surface area (TPSA) is 67.3 Å². The molecule has 2 aromatic carbocycles. The number of hydrogen-bond acceptors (Lipinski definition) is 5. The van der Waals surface area contributed by atoms with E-state index in [1.807, 2.05) is 30.3 Å². The number of ether oxygens (including phenoxy) is 1. The highest BCUT2D eigenvalue weighted by Crippen LogP contribution is 2.45. The van der Waals surface area contributed by atoms with Crippen molar-refractivity contribution in [3.63, 3.8) is 0 Å². The quantitative estimate of drug-likeness (QED) is 0.548. The Bertz CT molecular complexity index is 1130. The van der Waals surface area contributed by atoms with Crippen LogP contribution in [0.5, 0.6) is 5.75 Å². The fourth-order valence-electron chi connectivity index (χ4n) is 4.39. The van der Waals surface area contributed by atoms with E-state index in [1.54, 1.807) is 7.11 Å². The van der Waals surface area contributed by atoms with E-state index in [4.69, 9.17) is 26.3 Å². The van der Waals surface area contributed by atoms with Crippen LogP contribution in [0, 0.1) is 0 Å². The molecule has 2 aliphatic rings. The molecule has 5 rings (SSSR count). The minimum absolute atomic E-state index is 0.182. The van der Waals surface area contributed by atoms with E-state index in [0.29, 0.717) is 17.4 Å². The van der Waals surface area contributed by atoms with Gasteiger partial charge in [-0.25, -0.2) is 9.97 Å². The van der Waals surface area contributed by atoms with Crippen LogP contribution in [0.25, 0.3) is 11.3 Å². The molecular formula is C25H26ClN3O2. The van der Waals surface area contributed by atoms with Crippen molar-refractivity contribution >= 4 is 17.4 Å². The van der Waals surface area contributed by atoms with Crippen molar-refractivity contribution in [1.82, 2.24) is 9.97 Å². The Balaban J connectivity index is 1.57. The maximum absolute atomic E-state index is 10.7. The first-order valence-electron chi connectivity index (χ1n) is 10.9. The number of aryl methyl sites for hydroxylation is 1. The number of fused-ring (bicyclic) bond motifs is 1. The number of hydrogen-bond donors (Lipinski definition) is 2. The molecule has 1 saturated carbocycles. The molecule has 2 N–H and O–H groups in total. The van der Waals surface area contributed by atoms with Gasteiger partial charge in [0, 0.05) is 17.9 Å². The Hall–Kier alpha value is -2.63. The van der Waals surface area contributed by atoms with Crippen molar-refractivity contribution in [3.05, 3.63) is 70.0 Å². The summed E-state index contributed by atoms with van der Waals surface area (Å²) in [6.45, 7) is 2.07. The molecule has 2 aliphatic carbocycles. The predicted molar refractivity (Wildman–Crippen MR) is 123 cm³/mol. The lowest BCUT2D eigenvalue weighted by atomic mass is 10.0. The van der Waals surface area contributed by atoms with E-state index in [1.165, 1.54) is 5.56 Å². The number of nitrogens with zero attached hydrogens (tertiary/aromatic N) is 2. The summed E-state index contributed by atoms with van der Waals surface area (Å²) in [5.41, 5.74) is 5.90. The third-order valence-corrected chi connectivity index (χ3v) is 6.53. The van der Waals surface area contributed by atoms with Crippen LogP contribution in [0.1, 0.15) is 54.2 Å². The highest BCUT2D eigenvalue weighted by atomic mass is 35.5. The third kappa shape index (κ3) is 3.77. The van der Waals surface area contributed by atoms with Crippen molar-refractivity contribution in [2.75, 3.05) is 12.4 Å². The first-order valence-corrected chi connectivity index (χ1v) is 11.2. The van der Waals surface area contributed by atoms with Crippen molar-refractivity contribution in [1.29, 1.82) is 0 Å². The lowest BCUT2D eigenvalue weighted by Gasteiger charge is -2.22. The second kappa shape index (κ2) is 8.13. The van der Waals surface area contributed by atoms with Gasteiger partial charge in [0.05, 0.1) is 41.4 Å². The fourth-order valence-corrected chi connectivity index (χ4v) is 4.65. The van der Waals surface area contributed by atoms with Crippen LogP contribution >= 0.6 is 11.6 Å². The maximum atomic E-state index is 10.7. The van der Waals surface area contributed by atoms with Crippen LogP contribution < -0.4 is 10.1 Å². The summed E-state index contributed by atoms with van der Waals surface area (Å²) >= 11 is 6.59. The molecule has 1 aromatic heterocycles. The summed E-state index contributed by atoms with van der Waals surface area (Å²) in [4.78, 5) is 10.1. The van der Waals surface area contributed by atoms with E-state index >= 15 is 0 Å². The molecule has 3 aromatic rings. The van der Waals surface area contributed by atoms with E-state index in [0.717, 1.165) is 59.0 Å². The number of aliphatic hydroxyl groups is 1. The zero-order chi connectivity index (χ0) is 21.5. The Morgan fingerprint density at radius 2 is 1.97 bits per heavy atom. The minimum atomic E-state index is -0.482. The summed E-state index contributed by atoms with van der Waals surface area (Å²) in [5.74, 6) is 1.88. The number of nitrogens with one attached hydrogen (secondary N) is 1. The molecule has 31 heavy (non-hydrogen) atoms. The number of rotatable bonds is 6. The number of aliphatic hydroxyl groups excluding tert-OH is 1. The van der Waals surface area contributed by atoms with Gasteiger partial charge in [-0.2, -0.15) is 0 Å². The number of aromatic nitrogens is 2. The SMILES string of the molecule is CCc1nc(-c2ccc(OC)cc2Cl)c(C2CC2)nc1NC1c2ccccc2CC1O. The van der Waals surface area contributed by atoms with Crippen LogP contribution in [-0.4, -0.2) is 28.3 Å². The van der Waals surface area contributed by atoms with Crippen molar-refractivity contribution in [2.24, 2.45) is 0 Å². The molecule has 1 fully saturated rings. The summed E-state index contributed by atoms with van der Waals surface area (Å²) < 4.78 is 5.30. The van der Waals surface area contributed by atoms with Crippen molar-refractivity contribution < 1.29 is 9.84 Å². The van der Waals surface area contributed by atoms with Crippen LogP contribution in [0.4, 0.5) is 5.82 Å². The Morgan fingerprint density at radius 3 is 2.68 bits per heavy atom. The summed E-state index contributed by atoms with van der Waals surface area (Å²) in [6.07, 6.45) is 3.11. The van der Waals surface area contributed by atoms with Gasteiger partial charge in [0.1, 0.15) is 11.6 Å². The molecule has 5 nitrogen and oxygen atoms in total. The molecule has 0 amide bonds. The van der Waals surface area contributed by atoms with Crippen LogP contribution in [0.2, 0.25) is 5.02 Å². The first-order chi connectivity index (χ1) is 15.1. The van der Waals surface area contributed by atoms with Crippen molar-refractivity contribution in [2.45, 2.75) is 50.7 Å². The Labute approximate surface area is 187 Å². The predicted octanol–water partition coefficient (Wildman–Crippen LogP) is 5.32. The molecule has 2 unspecified atom stereocenters. The van der Waals surface area contributed by atoms with Crippen LogP contribution in [0.3, 0.4) is 0 Å². The normalized spacial score (nSPS) is 19.9. The van der Waals surface area contributed by atoms with Crippen LogP contribution in [0.15, 0.2) is 42.5 Å². The molecule has 0 aliphatic heterocycles.